The Kier molecular flexibility index (Phi) is 9.44. The van der Waals surface area contributed by atoms with Crippen molar-refractivity contribution in [3.63, 3.8) is 0 Å². The number of anilines is 2. The summed E-state index contributed by atoms with van der Waals surface area (Å²) in [6.45, 7) is 6.96. The monoisotopic (exact) mass is 629 g/mol. The average molecular weight is 630 g/mol. The van der Waals surface area contributed by atoms with Crippen molar-refractivity contribution >= 4 is 61.7 Å². The number of ketones is 1. The van der Waals surface area contributed by atoms with E-state index in [9.17, 15) is 22.8 Å². The Morgan fingerprint density at radius 3 is 2.50 bits per heavy atom. The van der Waals surface area contributed by atoms with Gasteiger partial charge < -0.3 is 10.1 Å². The molecule has 0 saturated carbocycles. The zero-order chi connectivity index (χ0) is 29.9. The predicted molar refractivity (Wildman–Crippen MR) is 164 cm³/mol. The highest BCUT2D eigenvalue weighted by molar-refractivity contribution is 7.94. The number of aryl methyl sites for hydroxylation is 1. The molecule has 0 aliphatic carbocycles. The van der Waals surface area contributed by atoms with Gasteiger partial charge in [-0.25, -0.2) is 13.3 Å². The van der Waals surface area contributed by atoms with Crippen LogP contribution in [0.2, 0.25) is 5.02 Å². The number of thiophene rings is 1. The number of sulfone groups is 1. The summed E-state index contributed by atoms with van der Waals surface area (Å²) in [6.07, 6.45) is 0.975. The Bertz CT molecular complexity index is 1580. The van der Waals surface area contributed by atoms with E-state index in [4.69, 9.17) is 16.3 Å². The third-order valence-corrected chi connectivity index (χ3v) is 11.1. The number of amides is 2. The van der Waals surface area contributed by atoms with Crippen LogP contribution >= 0.6 is 22.9 Å². The second-order valence-corrected chi connectivity index (χ2v) is 14.3. The number of Topliss-reactive ketones (excluding diaryl/α,β-unsaturated/α-hetero) is 1. The second kappa shape index (κ2) is 13.0. The van der Waals surface area contributed by atoms with Gasteiger partial charge in [-0.2, -0.15) is 0 Å². The van der Waals surface area contributed by atoms with Crippen molar-refractivity contribution in [2.24, 2.45) is 0 Å². The number of hydrogen-bond acceptors (Lipinski definition) is 9. The maximum Gasteiger partial charge on any atom is 0.265 e. The number of ether oxygens (including phenoxy) is 1. The maximum absolute atomic E-state index is 13.3. The molecule has 2 aliphatic rings. The highest BCUT2D eigenvalue weighted by Crippen LogP contribution is 2.31. The largest absolute Gasteiger partial charge is 0.385 e. The fraction of sp³-hybridized carbons (Fsp3) is 0.367. The van der Waals surface area contributed by atoms with Gasteiger partial charge in [0.25, 0.3) is 5.91 Å². The number of carbonyl (C=O) groups is 3. The van der Waals surface area contributed by atoms with Crippen LogP contribution in [0.3, 0.4) is 0 Å². The van der Waals surface area contributed by atoms with Crippen LogP contribution in [0.25, 0.3) is 0 Å². The van der Waals surface area contributed by atoms with Crippen molar-refractivity contribution in [2.45, 2.75) is 30.4 Å². The molecule has 3 heterocycles. The van der Waals surface area contributed by atoms with Crippen LogP contribution in [0.1, 0.15) is 32.8 Å². The summed E-state index contributed by atoms with van der Waals surface area (Å²) in [4.78, 5) is 43.1. The van der Waals surface area contributed by atoms with Gasteiger partial charge in [0, 0.05) is 42.2 Å². The summed E-state index contributed by atoms with van der Waals surface area (Å²) in [7, 11) is -3.79. The van der Waals surface area contributed by atoms with Crippen LogP contribution in [-0.4, -0.2) is 76.1 Å². The minimum absolute atomic E-state index is 0.0720. The number of benzene rings is 2. The van der Waals surface area contributed by atoms with E-state index in [1.807, 2.05) is 12.1 Å². The molecule has 2 aromatic carbocycles. The lowest BCUT2D eigenvalue weighted by Crippen LogP contribution is -2.42. The van der Waals surface area contributed by atoms with Crippen LogP contribution in [0, 0.1) is 6.92 Å². The van der Waals surface area contributed by atoms with E-state index in [1.54, 1.807) is 37.3 Å². The topological polar surface area (TPSA) is 113 Å². The van der Waals surface area contributed by atoms with E-state index in [2.05, 4.69) is 10.2 Å². The standard InChI is InChI=1S/C30H32ClN3O6S2/c1-20-27(31)18-29(41-20)42(38,39)19-25(35)15-21-3-6-24(7-4-21)34-28(36)17-22-16-23(5-8-26(22)30(34)37)32-9-2-10-33-11-13-40-14-12-33/h3-8,16,18,32H,2,9-15,17,19H2,1H3. The molecule has 2 amide bonds. The van der Waals surface area contributed by atoms with Crippen molar-refractivity contribution < 1.29 is 27.5 Å². The van der Waals surface area contributed by atoms with E-state index in [0.29, 0.717) is 32.3 Å². The minimum Gasteiger partial charge on any atom is -0.385 e. The van der Waals surface area contributed by atoms with E-state index in [-0.39, 0.29) is 23.0 Å². The summed E-state index contributed by atoms with van der Waals surface area (Å²) >= 11 is 7.03. The number of imide groups is 1. The quantitative estimate of drug-likeness (QED) is 0.249. The molecule has 1 N–H and O–H groups in total. The molecule has 3 aromatic rings. The molecule has 0 bridgehead atoms. The lowest BCUT2D eigenvalue weighted by molar-refractivity contribution is -0.118. The first kappa shape index (κ1) is 30.4. The van der Waals surface area contributed by atoms with Crippen molar-refractivity contribution in [2.75, 3.05) is 55.4 Å². The lowest BCUT2D eigenvalue weighted by atomic mass is 9.97. The number of halogens is 1. The molecule has 9 nitrogen and oxygen atoms in total. The van der Waals surface area contributed by atoms with Crippen LogP contribution in [-0.2, 0) is 37.0 Å². The maximum atomic E-state index is 13.3. The zero-order valence-electron chi connectivity index (χ0n) is 23.2. The van der Waals surface area contributed by atoms with Gasteiger partial charge in [-0.1, -0.05) is 23.7 Å². The van der Waals surface area contributed by atoms with Gasteiger partial charge >= 0.3 is 0 Å². The van der Waals surface area contributed by atoms with Gasteiger partial charge in [-0.3, -0.25) is 19.3 Å². The molecule has 1 aromatic heterocycles. The Morgan fingerprint density at radius 2 is 1.81 bits per heavy atom. The smallest absolute Gasteiger partial charge is 0.265 e. The Labute approximate surface area is 254 Å². The van der Waals surface area contributed by atoms with Crippen LogP contribution in [0.5, 0.6) is 0 Å². The average Bonchev–Trinajstić information content (AvgIpc) is 3.31. The zero-order valence-corrected chi connectivity index (χ0v) is 25.6. The number of fused-ring (bicyclic) bond motifs is 1. The predicted octanol–water partition coefficient (Wildman–Crippen LogP) is 4.16. The molecule has 0 spiro atoms. The number of morpholine rings is 1. The van der Waals surface area contributed by atoms with Gasteiger partial charge in [-0.15, -0.1) is 11.3 Å². The molecule has 0 atom stereocenters. The molecule has 5 rings (SSSR count). The second-order valence-electron chi connectivity index (χ2n) is 10.4. The van der Waals surface area contributed by atoms with E-state index >= 15 is 0 Å². The minimum atomic E-state index is -3.79. The van der Waals surface area contributed by atoms with Crippen molar-refractivity contribution in [1.82, 2.24) is 4.90 Å². The first-order chi connectivity index (χ1) is 20.1. The summed E-state index contributed by atoms with van der Waals surface area (Å²) in [5, 5.41) is 3.75. The highest BCUT2D eigenvalue weighted by atomic mass is 35.5. The molecular formula is C30H32ClN3O6S2. The number of nitrogens with one attached hydrogen (secondary N) is 1. The summed E-state index contributed by atoms with van der Waals surface area (Å²) in [6, 6.07) is 13.3. The third kappa shape index (κ3) is 7.09. The summed E-state index contributed by atoms with van der Waals surface area (Å²) < 4.78 is 30.7. The summed E-state index contributed by atoms with van der Waals surface area (Å²) in [5.74, 6) is -1.83. The Morgan fingerprint density at radius 1 is 1.07 bits per heavy atom. The molecule has 12 heteroatoms. The van der Waals surface area contributed by atoms with Crippen molar-refractivity contribution in [3.05, 3.63) is 75.1 Å². The van der Waals surface area contributed by atoms with Crippen LogP contribution in [0.4, 0.5) is 11.4 Å². The summed E-state index contributed by atoms with van der Waals surface area (Å²) in [5.41, 5.74) is 3.01. The van der Waals surface area contributed by atoms with Gasteiger partial charge in [0.1, 0.15) is 9.96 Å². The Balaban J connectivity index is 1.18. The van der Waals surface area contributed by atoms with Gasteiger partial charge in [-0.05, 0) is 67.4 Å². The SMILES string of the molecule is Cc1sc(S(=O)(=O)CC(=O)Cc2ccc(N3C(=O)Cc4cc(NCCCN5CCOCC5)ccc4C3=O)cc2)cc1Cl. The molecule has 0 radical (unpaired) electrons. The normalized spacial score (nSPS) is 16.0. The first-order valence-corrected chi connectivity index (χ1v) is 16.6. The lowest BCUT2D eigenvalue weighted by Gasteiger charge is -2.27. The molecule has 2 aliphatic heterocycles. The molecule has 222 valence electrons. The van der Waals surface area contributed by atoms with E-state index in [0.717, 1.165) is 67.7 Å². The third-order valence-electron chi connectivity index (χ3n) is 7.30. The van der Waals surface area contributed by atoms with E-state index in [1.165, 1.54) is 6.07 Å². The molecule has 42 heavy (non-hydrogen) atoms. The fourth-order valence-corrected chi connectivity index (χ4v) is 8.08. The number of carbonyl (C=O) groups excluding carboxylic acids is 3. The Hall–Kier alpha value is -3.09. The number of rotatable bonds is 11. The number of nitrogens with zero attached hydrogens (tertiary/aromatic N) is 2. The fourth-order valence-electron chi connectivity index (χ4n) is 5.07. The highest BCUT2D eigenvalue weighted by Gasteiger charge is 2.32. The first-order valence-electron chi connectivity index (χ1n) is 13.7. The molecule has 0 unspecified atom stereocenters. The van der Waals surface area contributed by atoms with Gasteiger partial charge in [0.15, 0.2) is 15.6 Å². The van der Waals surface area contributed by atoms with Crippen molar-refractivity contribution in [3.8, 4) is 0 Å². The van der Waals surface area contributed by atoms with Gasteiger partial charge in [0.05, 0.1) is 30.3 Å². The molecule has 1 fully saturated rings. The molecular weight excluding hydrogens is 598 g/mol. The van der Waals surface area contributed by atoms with Crippen LogP contribution in [0.15, 0.2) is 52.7 Å². The number of hydrogen-bond donors (Lipinski definition) is 1. The van der Waals surface area contributed by atoms with Crippen molar-refractivity contribution in [1.29, 1.82) is 0 Å². The van der Waals surface area contributed by atoms with Gasteiger partial charge in [0.2, 0.25) is 5.91 Å². The van der Waals surface area contributed by atoms with E-state index < -0.39 is 27.3 Å². The molecule has 1 saturated heterocycles. The van der Waals surface area contributed by atoms with Crippen LogP contribution < -0.4 is 10.2 Å².